The lowest BCUT2D eigenvalue weighted by Crippen LogP contribution is -2.23. The second-order valence-corrected chi connectivity index (χ2v) is 3.74. The highest BCUT2D eigenvalue weighted by Crippen LogP contribution is 2.22. The van der Waals surface area contributed by atoms with Crippen molar-refractivity contribution in [2.24, 2.45) is 0 Å². The second-order valence-electron chi connectivity index (χ2n) is 3.74. The highest BCUT2D eigenvalue weighted by Gasteiger charge is 2.21. The summed E-state index contributed by atoms with van der Waals surface area (Å²) in [5.41, 5.74) is 1.93. The van der Waals surface area contributed by atoms with Crippen LogP contribution in [0, 0.1) is 0 Å². The maximum absolute atomic E-state index is 11.7. The summed E-state index contributed by atoms with van der Waals surface area (Å²) in [7, 11) is 0. The van der Waals surface area contributed by atoms with Crippen LogP contribution in [0.4, 0.5) is 0 Å². The van der Waals surface area contributed by atoms with Crippen molar-refractivity contribution < 1.29 is 4.79 Å². The first-order chi connectivity index (χ1) is 7.33. The first-order valence-electron chi connectivity index (χ1n) is 5.43. The van der Waals surface area contributed by atoms with Crippen LogP contribution in [-0.2, 0) is 0 Å². The molecule has 0 saturated heterocycles. The Morgan fingerprint density at radius 3 is 3.07 bits per heavy atom. The van der Waals surface area contributed by atoms with Gasteiger partial charge in [0.05, 0.1) is 0 Å². The fourth-order valence-electron chi connectivity index (χ4n) is 2.05. The predicted octanol–water partition coefficient (Wildman–Crippen LogP) is 1.47. The van der Waals surface area contributed by atoms with E-state index in [4.69, 9.17) is 0 Å². The fraction of sp³-hybridized carbons (Fsp3) is 0.417. The monoisotopic (exact) mass is 204 g/mol. The number of carbonyl (C=O) groups excluding carboxylic acids is 1. The summed E-state index contributed by atoms with van der Waals surface area (Å²) in [4.78, 5) is 11.7. The quantitative estimate of drug-likeness (QED) is 0.766. The smallest absolute Gasteiger partial charge is 0.251 e. The van der Waals surface area contributed by atoms with Crippen molar-refractivity contribution in [1.29, 1.82) is 0 Å². The summed E-state index contributed by atoms with van der Waals surface area (Å²) in [6, 6.07) is 8.12. The Bertz CT molecular complexity index is 362. The molecule has 2 rings (SSSR count). The lowest BCUT2D eigenvalue weighted by atomic mass is 9.99. The van der Waals surface area contributed by atoms with Crippen molar-refractivity contribution in [1.82, 2.24) is 10.6 Å². The number of hydrogen-bond donors (Lipinski definition) is 2. The van der Waals surface area contributed by atoms with E-state index in [2.05, 4.69) is 17.6 Å². The average molecular weight is 204 g/mol. The van der Waals surface area contributed by atoms with Gasteiger partial charge in [-0.3, -0.25) is 4.79 Å². The van der Waals surface area contributed by atoms with Crippen LogP contribution >= 0.6 is 0 Å². The second kappa shape index (κ2) is 4.45. The molecule has 1 aromatic rings. The van der Waals surface area contributed by atoms with Crippen LogP contribution in [-0.4, -0.2) is 19.0 Å². The molecule has 0 radical (unpaired) electrons. The minimum atomic E-state index is 0.0472. The SMILES string of the molecule is CCNC1CCNC(=O)c2ccccc21. The van der Waals surface area contributed by atoms with E-state index in [9.17, 15) is 4.79 Å². The van der Waals surface area contributed by atoms with Gasteiger partial charge in [0.25, 0.3) is 5.91 Å². The molecule has 15 heavy (non-hydrogen) atoms. The van der Waals surface area contributed by atoms with Gasteiger partial charge >= 0.3 is 0 Å². The van der Waals surface area contributed by atoms with Crippen LogP contribution in [0.3, 0.4) is 0 Å². The molecule has 0 aromatic heterocycles. The number of rotatable bonds is 2. The van der Waals surface area contributed by atoms with Gasteiger partial charge in [0.2, 0.25) is 0 Å². The standard InChI is InChI=1S/C12H16N2O/c1-2-13-11-7-8-14-12(15)10-6-4-3-5-9(10)11/h3-6,11,13H,2,7-8H2,1H3,(H,14,15). The topological polar surface area (TPSA) is 41.1 Å². The highest BCUT2D eigenvalue weighted by molar-refractivity contribution is 5.96. The lowest BCUT2D eigenvalue weighted by Gasteiger charge is -2.16. The Labute approximate surface area is 89.9 Å². The zero-order valence-electron chi connectivity index (χ0n) is 8.92. The van der Waals surface area contributed by atoms with Crippen molar-refractivity contribution in [2.75, 3.05) is 13.1 Å². The fourth-order valence-corrected chi connectivity index (χ4v) is 2.05. The predicted molar refractivity (Wildman–Crippen MR) is 59.8 cm³/mol. The molecule has 3 heteroatoms. The number of nitrogens with one attached hydrogen (secondary N) is 2. The number of hydrogen-bond acceptors (Lipinski definition) is 2. The molecule has 3 nitrogen and oxygen atoms in total. The van der Waals surface area contributed by atoms with E-state index in [-0.39, 0.29) is 5.91 Å². The third kappa shape index (κ3) is 2.02. The number of amides is 1. The first kappa shape index (κ1) is 10.2. The molecule has 0 fully saturated rings. The minimum Gasteiger partial charge on any atom is -0.352 e. The van der Waals surface area contributed by atoms with Crippen LogP contribution in [0.1, 0.15) is 35.3 Å². The van der Waals surface area contributed by atoms with E-state index in [0.29, 0.717) is 6.04 Å². The molecule has 1 aromatic carbocycles. The van der Waals surface area contributed by atoms with E-state index >= 15 is 0 Å². The van der Waals surface area contributed by atoms with Crippen molar-refractivity contribution >= 4 is 5.91 Å². The van der Waals surface area contributed by atoms with E-state index in [1.54, 1.807) is 0 Å². The third-order valence-corrected chi connectivity index (χ3v) is 2.75. The van der Waals surface area contributed by atoms with Crippen LogP contribution in [0.5, 0.6) is 0 Å². The van der Waals surface area contributed by atoms with E-state index in [0.717, 1.165) is 30.6 Å². The summed E-state index contributed by atoms with van der Waals surface area (Å²) in [6.07, 6.45) is 0.955. The van der Waals surface area contributed by atoms with E-state index < -0.39 is 0 Å². The van der Waals surface area contributed by atoms with Gasteiger partial charge in [-0.25, -0.2) is 0 Å². The largest absolute Gasteiger partial charge is 0.352 e. The summed E-state index contributed by atoms with van der Waals surface area (Å²) in [6.45, 7) is 3.75. The zero-order chi connectivity index (χ0) is 10.7. The lowest BCUT2D eigenvalue weighted by molar-refractivity contribution is 0.0956. The van der Waals surface area contributed by atoms with Gasteiger partial charge in [-0.15, -0.1) is 0 Å². The van der Waals surface area contributed by atoms with Gasteiger partial charge in [-0.1, -0.05) is 25.1 Å². The van der Waals surface area contributed by atoms with Crippen molar-refractivity contribution in [3.05, 3.63) is 35.4 Å². The van der Waals surface area contributed by atoms with E-state index in [1.807, 2.05) is 24.3 Å². The van der Waals surface area contributed by atoms with Gasteiger partial charge in [-0.2, -0.15) is 0 Å². The molecule has 1 aliphatic rings. The summed E-state index contributed by atoms with van der Waals surface area (Å²) in [5.74, 6) is 0.0472. The summed E-state index contributed by atoms with van der Waals surface area (Å²) >= 11 is 0. The molecule has 1 heterocycles. The first-order valence-corrected chi connectivity index (χ1v) is 5.43. The van der Waals surface area contributed by atoms with Gasteiger partial charge < -0.3 is 10.6 Å². The Morgan fingerprint density at radius 1 is 1.47 bits per heavy atom. The molecular formula is C12H16N2O. The maximum Gasteiger partial charge on any atom is 0.251 e. The average Bonchev–Trinajstić information content (AvgIpc) is 2.41. The molecular weight excluding hydrogens is 188 g/mol. The Kier molecular flexibility index (Phi) is 3.02. The molecule has 0 bridgehead atoms. The van der Waals surface area contributed by atoms with Crippen LogP contribution in [0.15, 0.2) is 24.3 Å². The normalized spacial score (nSPS) is 20.3. The number of carbonyl (C=O) groups is 1. The van der Waals surface area contributed by atoms with Crippen molar-refractivity contribution in [3.63, 3.8) is 0 Å². The third-order valence-electron chi connectivity index (χ3n) is 2.75. The molecule has 1 unspecified atom stereocenters. The molecule has 0 aliphatic carbocycles. The van der Waals surface area contributed by atoms with Gasteiger partial charge in [0, 0.05) is 18.2 Å². The van der Waals surface area contributed by atoms with Crippen molar-refractivity contribution in [2.45, 2.75) is 19.4 Å². The molecule has 0 saturated carbocycles. The van der Waals surface area contributed by atoms with Crippen molar-refractivity contribution in [3.8, 4) is 0 Å². The molecule has 1 amide bonds. The number of benzene rings is 1. The molecule has 1 aliphatic heterocycles. The molecule has 1 atom stereocenters. The Hall–Kier alpha value is -1.35. The maximum atomic E-state index is 11.7. The minimum absolute atomic E-state index is 0.0472. The zero-order valence-corrected chi connectivity index (χ0v) is 8.92. The Balaban J connectivity index is 2.38. The number of fused-ring (bicyclic) bond motifs is 1. The summed E-state index contributed by atoms with van der Waals surface area (Å²) < 4.78 is 0. The van der Waals surface area contributed by atoms with Gasteiger partial charge in [0.15, 0.2) is 0 Å². The van der Waals surface area contributed by atoms with Gasteiger partial charge in [0.1, 0.15) is 0 Å². The van der Waals surface area contributed by atoms with E-state index in [1.165, 1.54) is 0 Å². The molecule has 0 spiro atoms. The van der Waals surface area contributed by atoms with Crippen LogP contribution in [0.2, 0.25) is 0 Å². The highest BCUT2D eigenvalue weighted by atomic mass is 16.1. The van der Waals surface area contributed by atoms with Gasteiger partial charge in [-0.05, 0) is 24.6 Å². The van der Waals surface area contributed by atoms with Crippen LogP contribution in [0.25, 0.3) is 0 Å². The Morgan fingerprint density at radius 2 is 2.27 bits per heavy atom. The van der Waals surface area contributed by atoms with Crippen LogP contribution < -0.4 is 10.6 Å². The molecule has 2 N–H and O–H groups in total. The molecule has 80 valence electrons. The summed E-state index contributed by atoms with van der Waals surface area (Å²) in [5, 5.41) is 6.32.